The Hall–Kier alpha value is -2.95. The van der Waals surface area contributed by atoms with Crippen molar-refractivity contribution >= 4 is 22.5 Å². The second-order valence-electron chi connectivity index (χ2n) is 7.15. The lowest BCUT2D eigenvalue weighted by Crippen LogP contribution is -2.24. The summed E-state index contributed by atoms with van der Waals surface area (Å²) in [4.78, 5) is 11.9. The Labute approximate surface area is 159 Å². The molecule has 3 N–H and O–H groups in total. The van der Waals surface area contributed by atoms with Gasteiger partial charge in [0.15, 0.2) is 0 Å². The summed E-state index contributed by atoms with van der Waals surface area (Å²) in [5.74, 6) is 0.444. The summed E-state index contributed by atoms with van der Waals surface area (Å²) >= 11 is 0. The van der Waals surface area contributed by atoms with Crippen molar-refractivity contribution in [3.05, 3.63) is 54.2 Å². The molecule has 2 aromatic carbocycles. The van der Waals surface area contributed by atoms with Crippen LogP contribution in [0.5, 0.6) is 5.75 Å². The van der Waals surface area contributed by atoms with Gasteiger partial charge in [-0.15, -0.1) is 0 Å². The van der Waals surface area contributed by atoms with Crippen molar-refractivity contribution < 1.29 is 9.53 Å². The third-order valence-corrected chi connectivity index (χ3v) is 5.42. The van der Waals surface area contributed by atoms with Gasteiger partial charge in [0, 0.05) is 29.0 Å². The number of rotatable bonds is 5. The van der Waals surface area contributed by atoms with E-state index in [-0.39, 0.29) is 0 Å². The van der Waals surface area contributed by atoms with E-state index in [4.69, 9.17) is 10.5 Å². The lowest BCUT2D eigenvalue weighted by molar-refractivity contribution is 0.100. The van der Waals surface area contributed by atoms with E-state index < -0.39 is 5.91 Å². The Kier molecular flexibility index (Phi) is 4.75. The Morgan fingerprint density at radius 3 is 2.70 bits per heavy atom. The minimum Gasteiger partial charge on any atom is -0.496 e. The normalized spacial score (nSPS) is 15.0. The number of methoxy groups -OCH3 is 1. The van der Waals surface area contributed by atoms with Gasteiger partial charge in [0.05, 0.1) is 18.2 Å². The summed E-state index contributed by atoms with van der Waals surface area (Å²) in [6.45, 7) is 0. The molecule has 1 aliphatic carbocycles. The number of carbonyl (C=O) groups excluding carboxylic acids is 1. The molecule has 1 saturated carbocycles. The number of nitrogens with one attached hydrogen (secondary N) is 1. The Balaban J connectivity index is 1.75. The van der Waals surface area contributed by atoms with Crippen molar-refractivity contribution in [1.29, 1.82) is 0 Å². The largest absolute Gasteiger partial charge is 0.496 e. The maximum Gasteiger partial charge on any atom is 0.250 e. The van der Waals surface area contributed by atoms with Gasteiger partial charge in [0.25, 0.3) is 5.91 Å². The molecule has 0 saturated heterocycles. The Morgan fingerprint density at radius 1 is 1.15 bits per heavy atom. The zero-order valence-electron chi connectivity index (χ0n) is 15.6. The molecule has 140 valence electrons. The molecular weight excluding hydrogens is 338 g/mol. The number of benzene rings is 2. The number of nitrogens with two attached hydrogens (primary N) is 1. The predicted molar refractivity (Wildman–Crippen MR) is 109 cm³/mol. The molecule has 3 aromatic rings. The molecule has 1 heterocycles. The zero-order valence-corrected chi connectivity index (χ0v) is 15.6. The van der Waals surface area contributed by atoms with E-state index in [0.29, 0.717) is 11.6 Å². The van der Waals surface area contributed by atoms with E-state index in [2.05, 4.69) is 16.0 Å². The van der Waals surface area contributed by atoms with Crippen LogP contribution in [0.3, 0.4) is 0 Å². The standard InChI is InChI=1S/C22H25N3O2/c1-27-21-9-5-8-20-18(21)12-13-25(20)16-10-11-17(22(23)26)19(14-16)24-15-6-3-2-4-7-15/h5,8-15,24H,2-4,6-7H2,1H3,(H2,23,26). The lowest BCUT2D eigenvalue weighted by atomic mass is 9.95. The first-order valence-electron chi connectivity index (χ1n) is 9.52. The molecule has 0 atom stereocenters. The van der Waals surface area contributed by atoms with Crippen LogP contribution in [-0.2, 0) is 0 Å². The quantitative estimate of drug-likeness (QED) is 0.702. The predicted octanol–water partition coefficient (Wildman–Crippen LogP) is 4.48. The highest BCUT2D eigenvalue weighted by Crippen LogP contribution is 2.31. The van der Waals surface area contributed by atoms with Gasteiger partial charge in [0.2, 0.25) is 0 Å². The first-order chi connectivity index (χ1) is 13.2. The first-order valence-corrected chi connectivity index (χ1v) is 9.52. The fourth-order valence-corrected chi connectivity index (χ4v) is 4.03. The molecule has 5 heteroatoms. The molecule has 0 bridgehead atoms. The SMILES string of the molecule is COc1cccc2c1ccn2-c1ccc(C(N)=O)c(NC2CCCCC2)c1. The number of primary amides is 1. The number of fused-ring (bicyclic) bond motifs is 1. The number of hydrogen-bond donors (Lipinski definition) is 2. The number of nitrogens with zero attached hydrogens (tertiary/aromatic N) is 1. The van der Waals surface area contributed by atoms with E-state index in [1.165, 1.54) is 19.3 Å². The average molecular weight is 363 g/mol. The van der Waals surface area contributed by atoms with Crippen LogP contribution in [0.15, 0.2) is 48.7 Å². The number of ether oxygens (including phenoxy) is 1. The number of hydrogen-bond acceptors (Lipinski definition) is 3. The monoisotopic (exact) mass is 363 g/mol. The van der Waals surface area contributed by atoms with Crippen LogP contribution in [0, 0.1) is 0 Å². The van der Waals surface area contributed by atoms with E-state index in [9.17, 15) is 4.79 Å². The summed E-state index contributed by atoms with van der Waals surface area (Å²) < 4.78 is 7.57. The molecule has 0 aliphatic heterocycles. The van der Waals surface area contributed by atoms with Crippen LogP contribution < -0.4 is 15.8 Å². The maximum atomic E-state index is 11.9. The van der Waals surface area contributed by atoms with E-state index in [1.54, 1.807) is 7.11 Å². The van der Waals surface area contributed by atoms with Crippen LogP contribution >= 0.6 is 0 Å². The average Bonchev–Trinajstić information content (AvgIpc) is 3.12. The highest BCUT2D eigenvalue weighted by atomic mass is 16.5. The molecule has 1 amide bonds. The topological polar surface area (TPSA) is 69.3 Å². The van der Waals surface area contributed by atoms with E-state index in [1.807, 2.05) is 42.6 Å². The van der Waals surface area contributed by atoms with Gasteiger partial charge in [-0.05, 0) is 49.2 Å². The van der Waals surface area contributed by atoms with Gasteiger partial charge in [-0.25, -0.2) is 0 Å². The minimum absolute atomic E-state index is 0.397. The van der Waals surface area contributed by atoms with Crippen molar-refractivity contribution in [3.8, 4) is 11.4 Å². The molecule has 1 fully saturated rings. The van der Waals surface area contributed by atoms with E-state index >= 15 is 0 Å². The highest BCUT2D eigenvalue weighted by Gasteiger charge is 2.17. The molecular formula is C22H25N3O2. The van der Waals surface area contributed by atoms with Crippen LogP contribution in [0.1, 0.15) is 42.5 Å². The van der Waals surface area contributed by atoms with Crippen LogP contribution in [0.2, 0.25) is 0 Å². The second-order valence-corrected chi connectivity index (χ2v) is 7.15. The summed E-state index contributed by atoms with van der Waals surface area (Å²) in [6.07, 6.45) is 8.03. The number of anilines is 1. The van der Waals surface area contributed by atoms with Gasteiger partial charge in [-0.3, -0.25) is 4.79 Å². The van der Waals surface area contributed by atoms with Crippen LogP contribution in [0.25, 0.3) is 16.6 Å². The van der Waals surface area contributed by atoms with E-state index in [0.717, 1.165) is 40.9 Å². The fourth-order valence-electron chi connectivity index (χ4n) is 4.03. The minimum atomic E-state index is -0.404. The van der Waals surface area contributed by atoms with Gasteiger partial charge >= 0.3 is 0 Å². The van der Waals surface area contributed by atoms with Crippen LogP contribution in [0.4, 0.5) is 5.69 Å². The van der Waals surface area contributed by atoms with Gasteiger partial charge in [-0.1, -0.05) is 25.3 Å². The lowest BCUT2D eigenvalue weighted by Gasteiger charge is -2.25. The molecule has 27 heavy (non-hydrogen) atoms. The van der Waals surface area contributed by atoms with Gasteiger partial charge in [-0.2, -0.15) is 0 Å². The van der Waals surface area contributed by atoms with Crippen molar-refractivity contribution in [2.24, 2.45) is 5.73 Å². The Bertz CT molecular complexity index is 971. The number of amides is 1. The van der Waals surface area contributed by atoms with Crippen molar-refractivity contribution in [3.63, 3.8) is 0 Å². The van der Waals surface area contributed by atoms with Crippen LogP contribution in [-0.4, -0.2) is 23.6 Å². The van der Waals surface area contributed by atoms with Gasteiger partial charge < -0.3 is 20.4 Å². The number of carbonyl (C=O) groups is 1. The van der Waals surface area contributed by atoms with Crippen molar-refractivity contribution in [2.75, 3.05) is 12.4 Å². The number of aromatic nitrogens is 1. The Morgan fingerprint density at radius 2 is 1.96 bits per heavy atom. The second kappa shape index (κ2) is 7.35. The molecule has 1 aromatic heterocycles. The third-order valence-electron chi connectivity index (χ3n) is 5.42. The first kappa shape index (κ1) is 17.5. The van der Waals surface area contributed by atoms with Crippen molar-refractivity contribution in [2.45, 2.75) is 38.1 Å². The third kappa shape index (κ3) is 3.37. The summed E-state index contributed by atoms with van der Waals surface area (Å²) in [5.41, 5.74) is 9.02. The molecule has 0 radical (unpaired) electrons. The molecule has 0 spiro atoms. The fraction of sp³-hybridized carbons (Fsp3) is 0.318. The molecule has 1 aliphatic rings. The van der Waals surface area contributed by atoms with Gasteiger partial charge in [0.1, 0.15) is 5.75 Å². The zero-order chi connectivity index (χ0) is 18.8. The molecule has 4 rings (SSSR count). The summed E-state index contributed by atoms with van der Waals surface area (Å²) in [6, 6.07) is 14.2. The molecule has 0 unspecified atom stereocenters. The highest BCUT2D eigenvalue weighted by molar-refractivity contribution is 5.99. The molecule has 5 nitrogen and oxygen atoms in total. The summed E-state index contributed by atoms with van der Waals surface area (Å²) in [5, 5.41) is 4.62. The van der Waals surface area contributed by atoms with Crippen molar-refractivity contribution in [1.82, 2.24) is 4.57 Å². The smallest absolute Gasteiger partial charge is 0.250 e. The maximum absolute atomic E-state index is 11.9. The summed E-state index contributed by atoms with van der Waals surface area (Å²) in [7, 11) is 1.68.